The zero-order valence-electron chi connectivity index (χ0n) is 16.3. The number of halogens is 2. The van der Waals surface area contributed by atoms with Gasteiger partial charge < -0.3 is 0 Å². The summed E-state index contributed by atoms with van der Waals surface area (Å²) in [6.45, 7) is 3.45. The van der Waals surface area contributed by atoms with Crippen molar-refractivity contribution in [2.24, 2.45) is 0 Å². The van der Waals surface area contributed by atoms with Crippen LogP contribution in [0.3, 0.4) is 0 Å². The van der Waals surface area contributed by atoms with Gasteiger partial charge in [0.2, 0.25) is 21.1 Å². The quantitative estimate of drug-likeness (QED) is 0.551. The highest BCUT2D eigenvalue weighted by molar-refractivity contribution is 7.92. The van der Waals surface area contributed by atoms with E-state index in [-0.39, 0.29) is 20.9 Å². The topological polar surface area (TPSA) is 92.3 Å². The van der Waals surface area contributed by atoms with E-state index in [4.69, 9.17) is 23.2 Å². The number of amides is 1. The second kappa shape index (κ2) is 8.89. The van der Waals surface area contributed by atoms with E-state index in [0.717, 1.165) is 21.7 Å². The van der Waals surface area contributed by atoms with Gasteiger partial charge in [0.15, 0.2) is 0 Å². The molecule has 1 heterocycles. The number of aryl methyl sites for hydroxylation is 1. The molecule has 3 rings (SSSR count). The van der Waals surface area contributed by atoms with Crippen LogP contribution in [-0.4, -0.2) is 36.8 Å². The molecule has 0 radical (unpaired) electrons. The lowest BCUT2D eigenvalue weighted by Gasteiger charge is -2.28. The molecule has 0 aliphatic rings. The van der Waals surface area contributed by atoms with Crippen molar-refractivity contribution in [1.29, 1.82) is 0 Å². The van der Waals surface area contributed by atoms with Gasteiger partial charge in [0.1, 0.15) is 11.0 Å². The Kier molecular flexibility index (Phi) is 6.66. The number of sulfonamides is 1. The number of rotatable bonds is 6. The van der Waals surface area contributed by atoms with Crippen LogP contribution in [0.2, 0.25) is 10.0 Å². The fourth-order valence-electron chi connectivity index (χ4n) is 2.77. The van der Waals surface area contributed by atoms with Gasteiger partial charge in [-0.3, -0.25) is 14.4 Å². The van der Waals surface area contributed by atoms with E-state index in [0.29, 0.717) is 5.01 Å². The molecule has 0 saturated carbocycles. The van der Waals surface area contributed by atoms with Crippen molar-refractivity contribution in [3.05, 3.63) is 58.1 Å². The van der Waals surface area contributed by atoms with Gasteiger partial charge in [0.25, 0.3) is 0 Å². The highest BCUT2D eigenvalue weighted by Gasteiger charge is 2.30. The van der Waals surface area contributed by atoms with Crippen LogP contribution in [0.5, 0.6) is 0 Å². The van der Waals surface area contributed by atoms with Gasteiger partial charge in [-0.15, -0.1) is 10.2 Å². The number of nitrogens with zero attached hydrogens (tertiary/aromatic N) is 3. The monoisotopic (exact) mass is 484 g/mol. The van der Waals surface area contributed by atoms with Crippen molar-refractivity contribution in [3.8, 4) is 10.6 Å². The third-order valence-corrected chi connectivity index (χ3v) is 6.71. The Morgan fingerprint density at radius 1 is 1.10 bits per heavy atom. The Bertz CT molecular complexity index is 1160. The highest BCUT2D eigenvalue weighted by Crippen LogP contribution is 2.30. The smallest absolute Gasteiger partial charge is 0.249 e. The first-order valence-electron chi connectivity index (χ1n) is 8.71. The molecule has 0 unspecified atom stereocenters. The van der Waals surface area contributed by atoms with E-state index in [2.05, 4.69) is 15.5 Å². The molecule has 1 aromatic heterocycles. The minimum atomic E-state index is -3.81. The van der Waals surface area contributed by atoms with Gasteiger partial charge in [-0.25, -0.2) is 8.42 Å². The molecule has 30 heavy (non-hydrogen) atoms. The number of carbonyl (C=O) groups is 1. The van der Waals surface area contributed by atoms with Gasteiger partial charge in [-0.1, -0.05) is 64.4 Å². The number of benzene rings is 2. The molecule has 0 aliphatic carbocycles. The zero-order valence-corrected chi connectivity index (χ0v) is 19.4. The lowest BCUT2D eigenvalue weighted by molar-refractivity contribution is -0.116. The second-order valence-corrected chi connectivity index (χ2v) is 10.3. The third-order valence-electron chi connectivity index (χ3n) is 4.14. The second-order valence-electron chi connectivity index (χ2n) is 6.63. The molecule has 3 aromatic rings. The summed E-state index contributed by atoms with van der Waals surface area (Å²) in [5.74, 6) is -0.567. The van der Waals surface area contributed by atoms with Gasteiger partial charge in [-0.05, 0) is 32.0 Å². The molecule has 1 amide bonds. The van der Waals surface area contributed by atoms with Crippen molar-refractivity contribution < 1.29 is 13.2 Å². The maximum Gasteiger partial charge on any atom is 0.249 e. The maximum absolute atomic E-state index is 12.8. The molecule has 158 valence electrons. The Morgan fingerprint density at radius 2 is 1.70 bits per heavy atom. The average molecular weight is 485 g/mol. The summed E-state index contributed by atoms with van der Waals surface area (Å²) >= 11 is 13.2. The number of anilines is 2. The van der Waals surface area contributed by atoms with Crippen LogP contribution in [-0.2, 0) is 14.8 Å². The molecule has 0 aliphatic heterocycles. The molecular formula is C19H18Cl2N4O3S2. The molecule has 1 atom stereocenters. The minimum Gasteiger partial charge on any atom is -0.299 e. The lowest BCUT2D eigenvalue weighted by atomic mass is 10.2. The van der Waals surface area contributed by atoms with Gasteiger partial charge in [0.05, 0.1) is 11.9 Å². The summed E-state index contributed by atoms with van der Waals surface area (Å²) in [5.41, 5.74) is 2.18. The fourth-order valence-corrected chi connectivity index (χ4v) is 5.20. The third kappa shape index (κ3) is 5.28. The maximum atomic E-state index is 12.8. The van der Waals surface area contributed by atoms with Crippen LogP contribution in [0.15, 0.2) is 42.5 Å². The van der Waals surface area contributed by atoms with Crippen molar-refractivity contribution in [2.45, 2.75) is 19.9 Å². The normalized spacial score (nSPS) is 12.4. The Labute approximate surface area is 188 Å². The van der Waals surface area contributed by atoms with Crippen molar-refractivity contribution >= 4 is 61.3 Å². The van der Waals surface area contributed by atoms with E-state index >= 15 is 0 Å². The van der Waals surface area contributed by atoms with Crippen LogP contribution in [0.25, 0.3) is 10.6 Å². The van der Waals surface area contributed by atoms with Gasteiger partial charge in [0, 0.05) is 15.6 Å². The number of carbonyl (C=O) groups excluding carboxylic acids is 1. The van der Waals surface area contributed by atoms with Crippen LogP contribution in [0, 0.1) is 6.92 Å². The van der Waals surface area contributed by atoms with E-state index in [1.165, 1.54) is 36.5 Å². The van der Waals surface area contributed by atoms with E-state index in [1.807, 2.05) is 31.2 Å². The van der Waals surface area contributed by atoms with Gasteiger partial charge in [-0.2, -0.15) is 0 Å². The first-order valence-corrected chi connectivity index (χ1v) is 12.1. The summed E-state index contributed by atoms with van der Waals surface area (Å²) in [4.78, 5) is 12.8. The number of nitrogens with one attached hydrogen (secondary N) is 1. The summed E-state index contributed by atoms with van der Waals surface area (Å²) in [6.07, 6.45) is 1.01. The van der Waals surface area contributed by atoms with E-state index < -0.39 is 22.0 Å². The molecule has 11 heteroatoms. The van der Waals surface area contributed by atoms with Gasteiger partial charge >= 0.3 is 0 Å². The van der Waals surface area contributed by atoms with Crippen LogP contribution in [0.4, 0.5) is 10.8 Å². The summed E-state index contributed by atoms with van der Waals surface area (Å²) in [6, 6.07) is 11.0. The standard InChI is InChI=1S/C19H18Cl2N4O3S2/c1-11-4-6-13(7-5-11)18-23-24-19(29-18)22-17(26)12(2)25(30(3,27)28)16-9-14(20)8-15(21)10-16/h4-10,12H,1-3H3,(H,22,24,26)/t12-/m1/s1. The minimum absolute atomic E-state index is 0.190. The van der Waals surface area contributed by atoms with Crippen LogP contribution < -0.4 is 9.62 Å². The molecule has 0 spiro atoms. The lowest BCUT2D eigenvalue weighted by Crippen LogP contribution is -2.45. The van der Waals surface area contributed by atoms with Crippen LogP contribution in [0.1, 0.15) is 12.5 Å². The highest BCUT2D eigenvalue weighted by atomic mass is 35.5. The summed E-state index contributed by atoms with van der Waals surface area (Å²) < 4.78 is 25.8. The molecule has 2 aromatic carbocycles. The SMILES string of the molecule is Cc1ccc(-c2nnc(NC(=O)[C@@H](C)N(c3cc(Cl)cc(Cl)c3)S(C)(=O)=O)s2)cc1. The Morgan fingerprint density at radius 3 is 2.27 bits per heavy atom. The van der Waals surface area contributed by atoms with E-state index in [1.54, 1.807) is 0 Å². The number of aromatic nitrogens is 2. The fraction of sp³-hybridized carbons (Fsp3) is 0.211. The molecule has 0 saturated heterocycles. The zero-order chi connectivity index (χ0) is 22.1. The molecule has 0 fully saturated rings. The largest absolute Gasteiger partial charge is 0.299 e. The molecule has 7 nitrogen and oxygen atoms in total. The van der Waals surface area contributed by atoms with Crippen molar-refractivity contribution in [3.63, 3.8) is 0 Å². The van der Waals surface area contributed by atoms with E-state index in [9.17, 15) is 13.2 Å². The summed E-state index contributed by atoms with van der Waals surface area (Å²) in [5, 5.41) is 12.1. The number of hydrogen-bond donors (Lipinski definition) is 1. The first kappa shape index (κ1) is 22.5. The predicted molar refractivity (Wildman–Crippen MR) is 122 cm³/mol. The molecule has 0 bridgehead atoms. The summed E-state index contributed by atoms with van der Waals surface area (Å²) in [7, 11) is -3.81. The average Bonchev–Trinajstić information content (AvgIpc) is 3.08. The van der Waals surface area contributed by atoms with Crippen LogP contribution >= 0.6 is 34.5 Å². The molecular weight excluding hydrogens is 467 g/mol. The van der Waals surface area contributed by atoms with Crippen molar-refractivity contribution in [2.75, 3.05) is 15.9 Å². The predicted octanol–water partition coefficient (Wildman–Crippen LogP) is 4.61. The number of hydrogen-bond acceptors (Lipinski definition) is 6. The molecule has 1 N–H and O–H groups in total. The Hall–Kier alpha value is -2.20. The van der Waals surface area contributed by atoms with Crippen molar-refractivity contribution in [1.82, 2.24) is 10.2 Å². The Balaban J connectivity index is 1.83. The first-order chi connectivity index (χ1) is 14.0.